The van der Waals surface area contributed by atoms with E-state index in [2.05, 4.69) is 23.2 Å². The Kier molecular flexibility index (Phi) is 5.01. The van der Waals surface area contributed by atoms with Crippen molar-refractivity contribution in [3.8, 4) is 0 Å². The lowest BCUT2D eigenvalue weighted by atomic mass is 9.99. The maximum atomic E-state index is 13.0. The monoisotopic (exact) mass is 415 g/mol. The summed E-state index contributed by atoms with van der Waals surface area (Å²) in [4.78, 5) is 33.5. The molecule has 0 saturated carbocycles. The average molecular weight is 416 g/mol. The number of rotatable bonds is 3. The lowest BCUT2D eigenvalue weighted by molar-refractivity contribution is -0.116. The number of amides is 2. The standard InChI is InChI=1S/C24H21N3O2S/c28-22-16-30-23-21(6-3-12-25-23)27(22)14-17-7-9-19(10-8-17)24(29)26-13-11-18-4-1-2-5-20(18)15-26/h1-10,12H,11,13-16H2. The Morgan fingerprint density at radius 1 is 1.00 bits per heavy atom. The predicted octanol–water partition coefficient (Wildman–Crippen LogP) is 3.92. The first-order valence-electron chi connectivity index (χ1n) is 10.0. The first kappa shape index (κ1) is 18.9. The average Bonchev–Trinajstić information content (AvgIpc) is 2.80. The van der Waals surface area contributed by atoms with E-state index in [4.69, 9.17) is 0 Å². The Morgan fingerprint density at radius 2 is 1.80 bits per heavy atom. The third kappa shape index (κ3) is 3.59. The van der Waals surface area contributed by atoms with Gasteiger partial charge in [-0.25, -0.2) is 4.98 Å². The maximum Gasteiger partial charge on any atom is 0.254 e. The number of carbonyl (C=O) groups is 2. The number of benzene rings is 2. The van der Waals surface area contributed by atoms with E-state index in [1.165, 1.54) is 22.9 Å². The van der Waals surface area contributed by atoms with Gasteiger partial charge in [0.05, 0.1) is 18.0 Å². The molecule has 6 heteroatoms. The van der Waals surface area contributed by atoms with Crippen LogP contribution in [0, 0.1) is 0 Å². The number of hydrogen-bond donors (Lipinski definition) is 0. The molecule has 2 aliphatic heterocycles. The molecule has 0 radical (unpaired) electrons. The van der Waals surface area contributed by atoms with Gasteiger partial charge in [-0.15, -0.1) is 0 Å². The molecule has 0 saturated heterocycles. The highest BCUT2D eigenvalue weighted by molar-refractivity contribution is 8.00. The molecular formula is C24H21N3O2S. The number of anilines is 1. The summed E-state index contributed by atoms with van der Waals surface area (Å²) < 4.78 is 0. The van der Waals surface area contributed by atoms with Crippen LogP contribution in [0.15, 0.2) is 71.9 Å². The molecule has 2 amide bonds. The highest BCUT2D eigenvalue weighted by Gasteiger charge is 2.26. The van der Waals surface area contributed by atoms with Gasteiger partial charge in [-0.1, -0.05) is 48.2 Å². The van der Waals surface area contributed by atoms with Crippen molar-refractivity contribution in [2.24, 2.45) is 0 Å². The van der Waals surface area contributed by atoms with E-state index in [0.29, 0.717) is 24.4 Å². The first-order valence-corrected chi connectivity index (χ1v) is 11.0. The number of fused-ring (bicyclic) bond motifs is 2. The molecule has 150 valence electrons. The Morgan fingerprint density at radius 3 is 2.63 bits per heavy atom. The Hall–Kier alpha value is -3.12. The summed E-state index contributed by atoms with van der Waals surface area (Å²) in [6.07, 6.45) is 2.64. The van der Waals surface area contributed by atoms with Crippen LogP contribution in [0.5, 0.6) is 0 Å². The summed E-state index contributed by atoms with van der Waals surface area (Å²) in [7, 11) is 0. The minimum atomic E-state index is 0.0519. The fourth-order valence-corrected chi connectivity index (χ4v) is 4.88. The number of hydrogen-bond acceptors (Lipinski definition) is 4. The van der Waals surface area contributed by atoms with Gasteiger partial charge in [-0.3, -0.25) is 9.59 Å². The molecule has 0 atom stereocenters. The minimum absolute atomic E-state index is 0.0519. The van der Waals surface area contributed by atoms with Crippen molar-refractivity contribution < 1.29 is 9.59 Å². The van der Waals surface area contributed by atoms with Crippen LogP contribution in [0.1, 0.15) is 27.0 Å². The summed E-state index contributed by atoms with van der Waals surface area (Å²) in [5.74, 6) is 0.528. The predicted molar refractivity (Wildman–Crippen MR) is 117 cm³/mol. The van der Waals surface area contributed by atoms with E-state index in [1.54, 1.807) is 11.1 Å². The number of thioether (sulfide) groups is 1. The molecule has 0 fully saturated rings. The molecule has 0 aliphatic carbocycles. The van der Waals surface area contributed by atoms with Gasteiger partial charge in [0.15, 0.2) is 0 Å². The van der Waals surface area contributed by atoms with Gasteiger partial charge in [0.2, 0.25) is 5.91 Å². The second kappa shape index (κ2) is 7.95. The molecule has 1 aromatic heterocycles. The zero-order valence-corrected chi connectivity index (χ0v) is 17.3. The molecule has 2 aromatic carbocycles. The molecular weight excluding hydrogens is 394 g/mol. The summed E-state index contributed by atoms with van der Waals surface area (Å²) in [6.45, 7) is 1.87. The zero-order chi connectivity index (χ0) is 20.5. The van der Waals surface area contributed by atoms with Crippen molar-refractivity contribution in [3.63, 3.8) is 0 Å². The van der Waals surface area contributed by atoms with Crippen molar-refractivity contribution >= 4 is 29.3 Å². The highest BCUT2D eigenvalue weighted by Crippen LogP contribution is 2.34. The minimum Gasteiger partial charge on any atom is -0.334 e. The third-order valence-electron chi connectivity index (χ3n) is 5.63. The van der Waals surface area contributed by atoms with Crippen molar-refractivity contribution in [1.82, 2.24) is 9.88 Å². The van der Waals surface area contributed by atoms with E-state index in [1.807, 2.05) is 47.4 Å². The number of nitrogens with zero attached hydrogens (tertiary/aromatic N) is 3. The largest absolute Gasteiger partial charge is 0.334 e. The van der Waals surface area contributed by atoms with Crippen molar-refractivity contribution in [3.05, 3.63) is 89.1 Å². The van der Waals surface area contributed by atoms with Gasteiger partial charge in [-0.2, -0.15) is 0 Å². The van der Waals surface area contributed by atoms with E-state index >= 15 is 0 Å². The Labute approximate surface area is 179 Å². The molecule has 0 unspecified atom stereocenters. The van der Waals surface area contributed by atoms with Gasteiger partial charge in [0.25, 0.3) is 5.91 Å². The molecule has 3 heterocycles. The van der Waals surface area contributed by atoms with Crippen LogP contribution in [-0.2, 0) is 24.3 Å². The van der Waals surface area contributed by atoms with E-state index in [9.17, 15) is 9.59 Å². The second-order valence-corrected chi connectivity index (χ2v) is 8.50. The zero-order valence-electron chi connectivity index (χ0n) is 16.5. The van der Waals surface area contributed by atoms with Crippen LogP contribution in [0.25, 0.3) is 0 Å². The summed E-state index contributed by atoms with van der Waals surface area (Å²) in [5, 5.41) is 0.884. The topological polar surface area (TPSA) is 53.5 Å². The molecule has 0 bridgehead atoms. The van der Waals surface area contributed by atoms with E-state index in [-0.39, 0.29) is 11.8 Å². The SMILES string of the molecule is O=C(c1ccc(CN2C(=O)CSc3ncccc32)cc1)N1CCc2ccccc2C1. The number of carbonyl (C=O) groups excluding carboxylic acids is 2. The van der Waals surface area contributed by atoms with Crippen molar-refractivity contribution in [2.75, 3.05) is 17.2 Å². The van der Waals surface area contributed by atoms with Gasteiger partial charge in [0, 0.05) is 24.8 Å². The molecule has 5 rings (SSSR count). The number of aromatic nitrogens is 1. The van der Waals surface area contributed by atoms with Gasteiger partial charge in [-0.05, 0) is 47.4 Å². The first-order chi connectivity index (χ1) is 14.7. The highest BCUT2D eigenvalue weighted by atomic mass is 32.2. The fraction of sp³-hybridized carbons (Fsp3) is 0.208. The lowest BCUT2D eigenvalue weighted by Crippen LogP contribution is -2.36. The Balaban J connectivity index is 1.31. The summed E-state index contributed by atoms with van der Waals surface area (Å²) in [5.41, 5.74) is 5.08. The molecule has 2 aliphatic rings. The van der Waals surface area contributed by atoms with Gasteiger partial charge >= 0.3 is 0 Å². The van der Waals surface area contributed by atoms with Crippen molar-refractivity contribution in [1.29, 1.82) is 0 Å². The van der Waals surface area contributed by atoms with Crippen LogP contribution in [0.3, 0.4) is 0 Å². The Bertz CT molecular complexity index is 1110. The van der Waals surface area contributed by atoms with Crippen LogP contribution in [0.4, 0.5) is 5.69 Å². The third-order valence-corrected chi connectivity index (χ3v) is 6.61. The lowest BCUT2D eigenvalue weighted by Gasteiger charge is -2.29. The van der Waals surface area contributed by atoms with Gasteiger partial charge < -0.3 is 9.80 Å². The van der Waals surface area contributed by atoms with Crippen molar-refractivity contribution in [2.45, 2.75) is 24.5 Å². The molecule has 30 heavy (non-hydrogen) atoms. The van der Waals surface area contributed by atoms with Crippen LogP contribution < -0.4 is 4.90 Å². The van der Waals surface area contributed by atoms with E-state index in [0.717, 1.165) is 29.2 Å². The number of pyridine rings is 1. The molecule has 0 N–H and O–H groups in total. The van der Waals surface area contributed by atoms with Gasteiger partial charge in [0.1, 0.15) is 5.03 Å². The van der Waals surface area contributed by atoms with Crippen LogP contribution in [0.2, 0.25) is 0 Å². The fourth-order valence-electron chi connectivity index (χ4n) is 4.00. The summed E-state index contributed by atoms with van der Waals surface area (Å²) in [6, 6.07) is 19.7. The smallest absolute Gasteiger partial charge is 0.254 e. The molecule has 3 aromatic rings. The molecule has 5 nitrogen and oxygen atoms in total. The van der Waals surface area contributed by atoms with Crippen LogP contribution >= 0.6 is 11.8 Å². The normalized spacial score (nSPS) is 15.5. The van der Waals surface area contributed by atoms with E-state index < -0.39 is 0 Å². The molecule has 0 spiro atoms. The van der Waals surface area contributed by atoms with Crippen LogP contribution in [-0.4, -0.2) is 34.0 Å². The maximum absolute atomic E-state index is 13.0. The summed E-state index contributed by atoms with van der Waals surface area (Å²) >= 11 is 1.48. The second-order valence-electron chi connectivity index (χ2n) is 7.54. The quantitative estimate of drug-likeness (QED) is 0.651.